The van der Waals surface area contributed by atoms with Crippen molar-refractivity contribution in [3.05, 3.63) is 93.5 Å². The maximum Gasteiger partial charge on any atom is 0.408 e. The highest BCUT2D eigenvalue weighted by molar-refractivity contribution is 6.34. The third kappa shape index (κ3) is 10.2. The van der Waals surface area contributed by atoms with Gasteiger partial charge in [-0.05, 0) is 88.4 Å². The van der Waals surface area contributed by atoms with Crippen LogP contribution in [0.1, 0.15) is 80.8 Å². The number of carbonyl (C=O) groups excluding carboxylic acids is 3. The fraction of sp³-hybridized carbons (Fsp3) is 0.417. The van der Waals surface area contributed by atoms with E-state index in [1.807, 2.05) is 51.1 Å². The molecule has 2 atom stereocenters. The Hall–Kier alpha value is -4.04. The average Bonchev–Trinajstić information content (AvgIpc) is 2.95. The van der Waals surface area contributed by atoms with Gasteiger partial charge in [-0.25, -0.2) is 4.79 Å². The van der Waals surface area contributed by atoms with Gasteiger partial charge in [-0.15, -0.1) is 0 Å². The van der Waals surface area contributed by atoms with E-state index in [-0.39, 0.29) is 18.7 Å². The summed E-state index contributed by atoms with van der Waals surface area (Å²) in [7, 11) is 0. The Morgan fingerprint density at radius 3 is 2.27 bits per heavy atom. The molecule has 0 saturated heterocycles. The summed E-state index contributed by atoms with van der Waals surface area (Å²) in [5, 5.41) is 16.0. The summed E-state index contributed by atoms with van der Waals surface area (Å²) in [5.41, 5.74) is 3.67. The maximum absolute atomic E-state index is 14.7. The molecule has 0 heterocycles. The Morgan fingerprint density at radius 2 is 1.64 bits per heavy atom. The Labute approximate surface area is 272 Å². The topological polar surface area (TPSA) is 108 Å². The zero-order valence-electron chi connectivity index (χ0n) is 27.4. The predicted molar refractivity (Wildman–Crippen MR) is 180 cm³/mol. The summed E-state index contributed by atoms with van der Waals surface area (Å²) < 4.78 is 5.53. The van der Waals surface area contributed by atoms with Gasteiger partial charge in [0.15, 0.2) is 0 Å². The number of rotatable bonds is 12. The minimum absolute atomic E-state index is 0.0874. The quantitative estimate of drug-likeness (QED) is 0.176. The van der Waals surface area contributed by atoms with Crippen molar-refractivity contribution in [3.8, 4) is 5.75 Å². The van der Waals surface area contributed by atoms with Crippen LogP contribution in [0, 0.1) is 20.8 Å². The van der Waals surface area contributed by atoms with Crippen molar-refractivity contribution in [2.24, 2.45) is 0 Å². The molecule has 3 amide bonds. The van der Waals surface area contributed by atoms with Crippen LogP contribution in [0.5, 0.6) is 5.75 Å². The van der Waals surface area contributed by atoms with E-state index in [4.69, 9.17) is 16.3 Å². The molecule has 9 heteroatoms. The SMILES string of the molecule is CCCCCN(C(=O)C(Cc1ccc(O)cc1)NC(=O)OC(C)(C)C)C(C(=O)Nc1c(C)cccc1Cl)c1cc(C)ccc1C. The molecule has 0 saturated carbocycles. The number of unbranched alkanes of at least 4 members (excludes halogenated alkanes) is 2. The zero-order valence-corrected chi connectivity index (χ0v) is 28.1. The third-order valence-electron chi connectivity index (χ3n) is 7.41. The second-order valence-electron chi connectivity index (χ2n) is 12.5. The lowest BCUT2D eigenvalue weighted by Gasteiger charge is -2.35. The molecule has 3 aromatic rings. The number of carbonyl (C=O) groups is 3. The number of benzene rings is 3. The Kier molecular flexibility index (Phi) is 12.4. The van der Waals surface area contributed by atoms with Gasteiger partial charge in [-0.3, -0.25) is 9.59 Å². The van der Waals surface area contributed by atoms with Crippen LogP contribution in [0.15, 0.2) is 60.7 Å². The van der Waals surface area contributed by atoms with Gasteiger partial charge < -0.3 is 25.4 Å². The Balaban J connectivity index is 2.14. The number of aromatic hydroxyl groups is 1. The van der Waals surface area contributed by atoms with Gasteiger partial charge >= 0.3 is 6.09 Å². The number of hydrogen-bond acceptors (Lipinski definition) is 5. The summed E-state index contributed by atoms with van der Waals surface area (Å²) in [4.78, 5) is 43.7. The van der Waals surface area contributed by atoms with Crippen LogP contribution < -0.4 is 10.6 Å². The number of phenolic OH excluding ortho intramolecular Hbond substituents is 1. The summed E-state index contributed by atoms with van der Waals surface area (Å²) >= 11 is 6.51. The van der Waals surface area contributed by atoms with Crippen LogP contribution >= 0.6 is 11.6 Å². The largest absolute Gasteiger partial charge is 0.508 e. The van der Waals surface area contributed by atoms with Gasteiger partial charge in [0.25, 0.3) is 5.91 Å². The van der Waals surface area contributed by atoms with Crippen molar-refractivity contribution in [1.82, 2.24) is 10.2 Å². The summed E-state index contributed by atoms with van der Waals surface area (Å²) in [6.07, 6.45) is 1.78. The van der Waals surface area contributed by atoms with Crippen LogP contribution in [0.25, 0.3) is 0 Å². The number of amides is 3. The zero-order chi connectivity index (χ0) is 33.3. The van der Waals surface area contributed by atoms with Crippen molar-refractivity contribution >= 4 is 35.2 Å². The van der Waals surface area contributed by atoms with Crippen LogP contribution in [0.2, 0.25) is 5.02 Å². The monoisotopic (exact) mass is 635 g/mol. The van der Waals surface area contributed by atoms with Crippen molar-refractivity contribution in [3.63, 3.8) is 0 Å². The van der Waals surface area contributed by atoms with E-state index in [1.165, 1.54) is 12.1 Å². The fourth-order valence-corrected chi connectivity index (χ4v) is 5.37. The summed E-state index contributed by atoms with van der Waals surface area (Å²) in [6, 6.07) is 15.6. The summed E-state index contributed by atoms with van der Waals surface area (Å²) in [5.74, 6) is -0.753. The number of hydrogen-bond donors (Lipinski definition) is 3. The number of anilines is 1. The molecule has 3 N–H and O–H groups in total. The van der Waals surface area contributed by atoms with Crippen LogP contribution in [0.4, 0.5) is 10.5 Å². The molecule has 2 unspecified atom stereocenters. The molecule has 0 aromatic heterocycles. The molecular formula is C36H46ClN3O5. The molecule has 3 aromatic carbocycles. The first kappa shape index (κ1) is 35.4. The molecule has 0 fully saturated rings. The highest BCUT2D eigenvalue weighted by Gasteiger charge is 2.37. The van der Waals surface area contributed by atoms with Gasteiger partial charge in [0, 0.05) is 13.0 Å². The maximum atomic E-state index is 14.7. The van der Waals surface area contributed by atoms with Crippen molar-refractivity contribution in [2.75, 3.05) is 11.9 Å². The summed E-state index contributed by atoms with van der Waals surface area (Å²) in [6.45, 7) is 13.3. The first-order valence-electron chi connectivity index (χ1n) is 15.4. The standard InChI is InChI=1S/C36H46ClN3O5/c1-8-9-10-20-40(34(43)30(38-35(44)45-36(5,6)7)22-26-16-18-27(41)19-17-26)32(28-21-23(2)14-15-24(28)3)33(42)39-31-25(4)12-11-13-29(31)37/h11-19,21,30,32,41H,8-10,20,22H2,1-7H3,(H,38,44)(H,39,42). The first-order chi connectivity index (χ1) is 21.2. The second-order valence-corrected chi connectivity index (χ2v) is 12.9. The number of ether oxygens (including phenoxy) is 1. The molecule has 0 aliphatic heterocycles. The number of halogens is 1. The van der Waals surface area contributed by atoms with Gasteiger partial charge in [0.1, 0.15) is 23.4 Å². The highest BCUT2D eigenvalue weighted by Crippen LogP contribution is 2.32. The van der Waals surface area contributed by atoms with E-state index >= 15 is 0 Å². The first-order valence-corrected chi connectivity index (χ1v) is 15.8. The number of para-hydroxylation sites is 1. The fourth-order valence-electron chi connectivity index (χ4n) is 5.10. The van der Waals surface area contributed by atoms with E-state index in [0.717, 1.165) is 35.1 Å². The lowest BCUT2D eigenvalue weighted by Crippen LogP contribution is -2.53. The van der Waals surface area contributed by atoms with Gasteiger partial charge in [-0.2, -0.15) is 0 Å². The van der Waals surface area contributed by atoms with Crippen molar-refractivity contribution < 1.29 is 24.2 Å². The van der Waals surface area contributed by atoms with Gasteiger partial charge in [0.05, 0.1) is 10.7 Å². The van der Waals surface area contributed by atoms with E-state index in [9.17, 15) is 19.5 Å². The molecule has 8 nitrogen and oxygen atoms in total. The molecule has 0 bridgehead atoms. The Bertz CT molecular complexity index is 1460. The third-order valence-corrected chi connectivity index (χ3v) is 7.73. The van der Waals surface area contributed by atoms with E-state index < -0.39 is 35.6 Å². The van der Waals surface area contributed by atoms with Gasteiger partial charge in [-0.1, -0.05) is 79.4 Å². The molecule has 242 valence electrons. The van der Waals surface area contributed by atoms with Crippen LogP contribution in [0.3, 0.4) is 0 Å². The smallest absolute Gasteiger partial charge is 0.408 e. The number of aryl methyl sites for hydroxylation is 3. The number of alkyl carbamates (subject to hydrolysis) is 1. The second kappa shape index (κ2) is 15.8. The van der Waals surface area contributed by atoms with Crippen LogP contribution in [-0.2, 0) is 20.7 Å². The predicted octanol–water partition coefficient (Wildman–Crippen LogP) is 7.81. The van der Waals surface area contributed by atoms with Crippen molar-refractivity contribution in [2.45, 2.75) is 91.8 Å². The molecule has 0 aliphatic rings. The number of phenols is 1. The lowest BCUT2D eigenvalue weighted by molar-refractivity contribution is -0.140. The molecule has 0 spiro atoms. The molecule has 0 aliphatic carbocycles. The van der Waals surface area contributed by atoms with E-state index in [2.05, 4.69) is 17.6 Å². The average molecular weight is 636 g/mol. The molecular weight excluding hydrogens is 590 g/mol. The molecule has 0 radical (unpaired) electrons. The van der Waals surface area contributed by atoms with E-state index in [1.54, 1.807) is 43.9 Å². The lowest BCUT2D eigenvalue weighted by atomic mass is 9.95. The molecule has 3 rings (SSSR count). The Morgan fingerprint density at radius 1 is 0.956 bits per heavy atom. The highest BCUT2D eigenvalue weighted by atomic mass is 35.5. The van der Waals surface area contributed by atoms with E-state index in [0.29, 0.717) is 22.7 Å². The minimum atomic E-state index is -1.06. The van der Waals surface area contributed by atoms with Gasteiger partial charge in [0.2, 0.25) is 5.91 Å². The normalized spacial score (nSPS) is 12.6. The molecule has 45 heavy (non-hydrogen) atoms. The minimum Gasteiger partial charge on any atom is -0.508 e. The number of nitrogens with zero attached hydrogens (tertiary/aromatic N) is 1. The number of nitrogens with one attached hydrogen (secondary N) is 2. The van der Waals surface area contributed by atoms with Crippen molar-refractivity contribution in [1.29, 1.82) is 0 Å². The van der Waals surface area contributed by atoms with Crippen LogP contribution in [-0.4, -0.2) is 46.1 Å².